The van der Waals surface area contributed by atoms with Crippen LogP contribution in [0.2, 0.25) is 5.02 Å². The van der Waals surface area contributed by atoms with Gasteiger partial charge in [0.2, 0.25) is 5.89 Å². The first kappa shape index (κ1) is 11.1. The molecule has 17 heavy (non-hydrogen) atoms. The summed E-state index contributed by atoms with van der Waals surface area (Å²) >= 11 is 5.94. The lowest BCUT2D eigenvalue weighted by atomic mass is 10.1. The molecule has 0 amide bonds. The van der Waals surface area contributed by atoms with Gasteiger partial charge in [0.1, 0.15) is 5.52 Å². The second-order valence-electron chi connectivity index (χ2n) is 4.52. The molecular weight excluding hydrogens is 236 g/mol. The van der Waals surface area contributed by atoms with Crippen LogP contribution < -0.4 is 5.32 Å². The summed E-state index contributed by atoms with van der Waals surface area (Å²) in [6.45, 7) is 1.05. The van der Waals surface area contributed by atoms with E-state index in [0.29, 0.717) is 5.02 Å². The highest BCUT2D eigenvalue weighted by Crippen LogP contribution is 2.26. The predicted octanol–water partition coefficient (Wildman–Crippen LogP) is 3.69. The van der Waals surface area contributed by atoms with Crippen LogP contribution >= 0.6 is 11.6 Å². The average Bonchev–Trinajstić information content (AvgIpc) is 2.57. The Hall–Kier alpha value is -1.06. The van der Waals surface area contributed by atoms with Crippen LogP contribution in [0.25, 0.3) is 11.1 Å². The van der Waals surface area contributed by atoms with Gasteiger partial charge >= 0.3 is 0 Å². The molecule has 2 aromatic rings. The van der Waals surface area contributed by atoms with E-state index in [0.717, 1.165) is 30.0 Å². The number of nitrogens with zero attached hydrogens (tertiary/aromatic N) is 1. The van der Waals surface area contributed by atoms with Gasteiger partial charge in [-0.15, -0.1) is 0 Å². The Morgan fingerprint density at radius 1 is 1.29 bits per heavy atom. The van der Waals surface area contributed by atoms with Gasteiger partial charge in [-0.25, -0.2) is 4.98 Å². The minimum Gasteiger partial charge on any atom is -0.439 e. The normalized spacial score (nSPS) is 21.6. The summed E-state index contributed by atoms with van der Waals surface area (Å²) in [7, 11) is 0. The number of nitrogens with one attached hydrogen (secondary N) is 1. The fourth-order valence-electron chi connectivity index (χ4n) is 2.31. The number of rotatable bonds is 1. The van der Waals surface area contributed by atoms with Gasteiger partial charge < -0.3 is 9.73 Å². The van der Waals surface area contributed by atoms with Gasteiger partial charge in [-0.05, 0) is 37.6 Å². The number of aromatic nitrogens is 1. The minimum atomic E-state index is 0.253. The Morgan fingerprint density at radius 3 is 3.18 bits per heavy atom. The zero-order valence-electron chi connectivity index (χ0n) is 9.58. The van der Waals surface area contributed by atoms with Crippen LogP contribution in [0.5, 0.6) is 0 Å². The smallest absolute Gasteiger partial charge is 0.212 e. The quantitative estimate of drug-likeness (QED) is 0.839. The van der Waals surface area contributed by atoms with Crippen molar-refractivity contribution < 1.29 is 4.42 Å². The second kappa shape index (κ2) is 4.67. The molecule has 1 saturated heterocycles. The lowest BCUT2D eigenvalue weighted by molar-refractivity contribution is 0.410. The summed E-state index contributed by atoms with van der Waals surface area (Å²) in [5.41, 5.74) is 1.66. The van der Waals surface area contributed by atoms with E-state index in [1.165, 1.54) is 19.3 Å². The molecule has 1 aliphatic rings. The van der Waals surface area contributed by atoms with Gasteiger partial charge in [0.05, 0.1) is 6.04 Å². The van der Waals surface area contributed by atoms with E-state index >= 15 is 0 Å². The van der Waals surface area contributed by atoms with Crippen molar-refractivity contribution in [3.8, 4) is 0 Å². The van der Waals surface area contributed by atoms with Crippen LogP contribution in [0, 0.1) is 0 Å². The third-order valence-corrected chi connectivity index (χ3v) is 3.46. The number of hydrogen-bond acceptors (Lipinski definition) is 3. The number of halogens is 1. The van der Waals surface area contributed by atoms with Crippen molar-refractivity contribution in [2.75, 3.05) is 6.54 Å². The highest BCUT2D eigenvalue weighted by Gasteiger charge is 2.19. The van der Waals surface area contributed by atoms with Crippen LogP contribution in [0.15, 0.2) is 22.6 Å². The first-order valence-corrected chi connectivity index (χ1v) is 6.50. The maximum atomic E-state index is 5.94. The van der Waals surface area contributed by atoms with Crippen LogP contribution in [-0.2, 0) is 0 Å². The molecule has 4 heteroatoms. The molecule has 3 nitrogen and oxygen atoms in total. The molecule has 0 spiro atoms. The molecule has 0 bridgehead atoms. The summed E-state index contributed by atoms with van der Waals surface area (Å²) < 4.78 is 5.79. The van der Waals surface area contributed by atoms with E-state index in [2.05, 4.69) is 10.3 Å². The average molecular weight is 251 g/mol. The molecule has 1 aromatic heterocycles. The van der Waals surface area contributed by atoms with E-state index in [1.54, 1.807) is 0 Å². The van der Waals surface area contributed by atoms with Crippen molar-refractivity contribution in [1.29, 1.82) is 0 Å². The molecule has 0 saturated carbocycles. The van der Waals surface area contributed by atoms with Crippen molar-refractivity contribution in [1.82, 2.24) is 10.3 Å². The maximum absolute atomic E-state index is 5.94. The SMILES string of the molecule is Clc1ccc2oc(C3CCCCCN3)nc2c1. The van der Waals surface area contributed by atoms with Gasteiger partial charge in [0, 0.05) is 5.02 Å². The van der Waals surface area contributed by atoms with E-state index in [-0.39, 0.29) is 6.04 Å². The fraction of sp³-hybridized carbons (Fsp3) is 0.462. The monoisotopic (exact) mass is 250 g/mol. The van der Waals surface area contributed by atoms with Gasteiger partial charge in [0.15, 0.2) is 5.58 Å². The lowest BCUT2D eigenvalue weighted by Gasteiger charge is -2.10. The van der Waals surface area contributed by atoms with E-state index < -0.39 is 0 Å². The molecule has 0 aliphatic carbocycles. The van der Waals surface area contributed by atoms with Crippen molar-refractivity contribution in [3.05, 3.63) is 29.1 Å². The first-order valence-electron chi connectivity index (χ1n) is 6.12. The molecular formula is C13H15ClN2O. The Labute approximate surface area is 105 Å². The van der Waals surface area contributed by atoms with Crippen LogP contribution in [-0.4, -0.2) is 11.5 Å². The predicted molar refractivity (Wildman–Crippen MR) is 68.2 cm³/mol. The number of fused-ring (bicyclic) bond motifs is 1. The zero-order valence-corrected chi connectivity index (χ0v) is 10.3. The topological polar surface area (TPSA) is 38.1 Å². The largest absolute Gasteiger partial charge is 0.439 e. The van der Waals surface area contributed by atoms with Crippen molar-refractivity contribution in [2.24, 2.45) is 0 Å². The summed E-state index contributed by atoms with van der Waals surface area (Å²) in [6.07, 6.45) is 4.86. The third kappa shape index (κ3) is 2.31. The highest BCUT2D eigenvalue weighted by molar-refractivity contribution is 6.31. The summed E-state index contributed by atoms with van der Waals surface area (Å²) in [4.78, 5) is 4.53. The van der Waals surface area contributed by atoms with Crippen molar-refractivity contribution >= 4 is 22.7 Å². The molecule has 0 radical (unpaired) electrons. The Balaban J connectivity index is 1.93. The van der Waals surface area contributed by atoms with Crippen molar-refractivity contribution in [2.45, 2.75) is 31.7 Å². The summed E-state index contributed by atoms with van der Waals surface area (Å²) in [6, 6.07) is 5.81. The Morgan fingerprint density at radius 2 is 2.24 bits per heavy atom. The van der Waals surface area contributed by atoms with E-state index in [1.807, 2.05) is 18.2 Å². The molecule has 2 heterocycles. The third-order valence-electron chi connectivity index (χ3n) is 3.22. The maximum Gasteiger partial charge on any atom is 0.212 e. The van der Waals surface area contributed by atoms with Gasteiger partial charge in [-0.2, -0.15) is 0 Å². The van der Waals surface area contributed by atoms with Gasteiger partial charge in [-0.1, -0.05) is 24.4 Å². The fourth-order valence-corrected chi connectivity index (χ4v) is 2.47. The lowest BCUT2D eigenvalue weighted by Crippen LogP contribution is -2.20. The standard InChI is InChI=1S/C13H15ClN2O/c14-9-5-6-12-11(8-9)16-13(17-12)10-4-2-1-3-7-15-10/h5-6,8,10,15H,1-4,7H2. The Kier molecular flexibility index (Phi) is 3.04. The summed E-state index contributed by atoms with van der Waals surface area (Å²) in [5, 5.41) is 4.18. The minimum absolute atomic E-state index is 0.253. The second-order valence-corrected chi connectivity index (χ2v) is 4.96. The highest BCUT2D eigenvalue weighted by atomic mass is 35.5. The molecule has 1 aliphatic heterocycles. The van der Waals surface area contributed by atoms with Crippen LogP contribution in [0.3, 0.4) is 0 Å². The van der Waals surface area contributed by atoms with Gasteiger partial charge in [0.25, 0.3) is 0 Å². The van der Waals surface area contributed by atoms with E-state index in [4.69, 9.17) is 16.0 Å². The number of oxazole rings is 1. The molecule has 1 aromatic carbocycles. The molecule has 90 valence electrons. The molecule has 1 N–H and O–H groups in total. The van der Waals surface area contributed by atoms with E-state index in [9.17, 15) is 0 Å². The number of benzene rings is 1. The summed E-state index contributed by atoms with van der Waals surface area (Å²) in [5.74, 6) is 0.796. The Bertz CT molecular complexity index is 515. The molecule has 1 unspecified atom stereocenters. The van der Waals surface area contributed by atoms with Crippen molar-refractivity contribution in [3.63, 3.8) is 0 Å². The van der Waals surface area contributed by atoms with Crippen LogP contribution in [0.4, 0.5) is 0 Å². The molecule has 1 atom stereocenters. The molecule has 3 rings (SSSR count). The van der Waals surface area contributed by atoms with Crippen LogP contribution in [0.1, 0.15) is 37.6 Å². The first-order chi connectivity index (χ1) is 8.33. The zero-order chi connectivity index (χ0) is 11.7. The number of hydrogen-bond donors (Lipinski definition) is 1. The molecule has 1 fully saturated rings. The van der Waals surface area contributed by atoms with Gasteiger partial charge in [-0.3, -0.25) is 0 Å².